The molecule has 0 aliphatic heterocycles. The standard InChI is InChI=1S/C21H17F2N3O3S.H2O/c1-25-10-18(26-12-24-9-17(26)21(25)27)15-7-13(11-30(2)28)3-5-19(15)29-20-6-4-14(22)8-16(20)23;/h3-10,12H,11H2,1-2H3;1H2. The summed E-state index contributed by atoms with van der Waals surface area (Å²) < 4.78 is 47.9. The summed E-state index contributed by atoms with van der Waals surface area (Å²) in [7, 11) is 0.539. The predicted molar refractivity (Wildman–Crippen MR) is 114 cm³/mol. The fraction of sp³-hybridized carbons (Fsp3) is 0.143. The van der Waals surface area contributed by atoms with E-state index in [0.717, 1.165) is 17.7 Å². The molecule has 1 unspecified atom stereocenters. The summed E-state index contributed by atoms with van der Waals surface area (Å²) in [4.78, 5) is 16.4. The van der Waals surface area contributed by atoms with Gasteiger partial charge in [-0.3, -0.25) is 13.4 Å². The lowest BCUT2D eigenvalue weighted by atomic mass is 10.1. The minimum absolute atomic E-state index is 0. The Morgan fingerprint density at radius 1 is 1.13 bits per heavy atom. The Kier molecular flexibility index (Phi) is 6.32. The minimum atomic E-state index is -1.08. The molecule has 0 aliphatic carbocycles. The summed E-state index contributed by atoms with van der Waals surface area (Å²) >= 11 is 0. The summed E-state index contributed by atoms with van der Waals surface area (Å²) in [5, 5.41) is 0. The summed E-state index contributed by atoms with van der Waals surface area (Å²) in [6.07, 6.45) is 6.17. The second kappa shape index (κ2) is 8.78. The first-order valence-electron chi connectivity index (χ1n) is 8.91. The van der Waals surface area contributed by atoms with E-state index in [9.17, 15) is 17.8 Å². The molecule has 10 heteroatoms. The van der Waals surface area contributed by atoms with Crippen molar-refractivity contribution in [3.63, 3.8) is 0 Å². The molecule has 2 heterocycles. The molecule has 4 rings (SSSR count). The highest BCUT2D eigenvalue weighted by atomic mass is 32.2. The second-order valence-corrected chi connectivity index (χ2v) is 8.24. The largest absolute Gasteiger partial charge is 0.454 e. The average molecular weight is 447 g/mol. The quantitative estimate of drug-likeness (QED) is 0.470. The molecule has 0 saturated heterocycles. The van der Waals surface area contributed by atoms with Crippen LogP contribution in [0.25, 0.3) is 16.8 Å². The van der Waals surface area contributed by atoms with Crippen LogP contribution in [0.1, 0.15) is 5.56 Å². The molecule has 2 aromatic carbocycles. The number of rotatable bonds is 5. The van der Waals surface area contributed by atoms with Gasteiger partial charge < -0.3 is 14.8 Å². The Bertz CT molecular complexity index is 1350. The third-order valence-corrected chi connectivity index (χ3v) is 5.30. The number of nitrogens with zero attached hydrogens (tertiary/aromatic N) is 3. The van der Waals surface area contributed by atoms with E-state index in [2.05, 4.69) is 4.98 Å². The molecule has 1 atom stereocenters. The zero-order valence-corrected chi connectivity index (χ0v) is 17.5. The second-order valence-electron chi connectivity index (χ2n) is 6.80. The molecule has 0 amide bonds. The monoisotopic (exact) mass is 447 g/mol. The first-order chi connectivity index (χ1) is 14.3. The van der Waals surface area contributed by atoms with Gasteiger partial charge >= 0.3 is 0 Å². The fourth-order valence-electron chi connectivity index (χ4n) is 3.20. The third-order valence-electron chi connectivity index (χ3n) is 4.56. The van der Waals surface area contributed by atoms with Crippen molar-refractivity contribution >= 4 is 16.3 Å². The predicted octanol–water partition coefficient (Wildman–Crippen LogP) is 2.82. The number of hydrogen-bond acceptors (Lipinski definition) is 4. The number of benzene rings is 2. The van der Waals surface area contributed by atoms with Gasteiger partial charge in [-0.25, -0.2) is 13.8 Å². The molecule has 162 valence electrons. The highest BCUT2D eigenvalue weighted by molar-refractivity contribution is 7.83. The molecule has 0 saturated carbocycles. The number of halogens is 2. The van der Waals surface area contributed by atoms with E-state index in [0.29, 0.717) is 28.3 Å². The van der Waals surface area contributed by atoms with Crippen LogP contribution in [0.3, 0.4) is 0 Å². The number of imidazole rings is 1. The van der Waals surface area contributed by atoms with Crippen molar-refractivity contribution in [3.05, 3.63) is 82.7 Å². The van der Waals surface area contributed by atoms with Crippen LogP contribution in [0.4, 0.5) is 8.78 Å². The van der Waals surface area contributed by atoms with Gasteiger partial charge in [0.05, 0.1) is 18.2 Å². The lowest BCUT2D eigenvalue weighted by Gasteiger charge is -2.15. The first kappa shape index (κ1) is 22.3. The van der Waals surface area contributed by atoms with Gasteiger partial charge in [0.15, 0.2) is 11.6 Å². The molecule has 0 fully saturated rings. The van der Waals surface area contributed by atoms with Crippen LogP contribution in [0.5, 0.6) is 11.5 Å². The summed E-state index contributed by atoms with van der Waals surface area (Å²) in [5.74, 6) is -1.08. The van der Waals surface area contributed by atoms with Gasteiger partial charge in [-0.1, -0.05) is 6.07 Å². The van der Waals surface area contributed by atoms with Crippen molar-refractivity contribution < 1.29 is 23.2 Å². The Morgan fingerprint density at radius 2 is 1.87 bits per heavy atom. The molecular formula is C21H19F2N3O4S. The fourth-order valence-corrected chi connectivity index (χ4v) is 3.85. The molecule has 2 aromatic heterocycles. The smallest absolute Gasteiger partial charge is 0.276 e. The van der Waals surface area contributed by atoms with Gasteiger partial charge in [-0.2, -0.15) is 0 Å². The Balaban J connectivity index is 0.00000272. The Labute approximate surface area is 178 Å². The Morgan fingerprint density at radius 3 is 2.58 bits per heavy atom. The average Bonchev–Trinajstić information content (AvgIpc) is 3.18. The lowest BCUT2D eigenvalue weighted by molar-refractivity contribution is 0.438. The van der Waals surface area contributed by atoms with Gasteiger partial charge in [0, 0.05) is 47.7 Å². The highest BCUT2D eigenvalue weighted by Gasteiger charge is 2.17. The summed E-state index contributed by atoms with van der Waals surface area (Å²) in [5.41, 5.74) is 2.03. The zero-order chi connectivity index (χ0) is 21.4. The van der Waals surface area contributed by atoms with Crippen LogP contribution >= 0.6 is 0 Å². The van der Waals surface area contributed by atoms with Crippen LogP contribution in [-0.2, 0) is 23.6 Å². The number of aromatic nitrogens is 3. The topological polar surface area (TPSA) is 97.1 Å². The molecule has 0 aliphatic rings. The first-order valence-corrected chi connectivity index (χ1v) is 10.6. The van der Waals surface area contributed by atoms with E-state index < -0.39 is 22.4 Å². The van der Waals surface area contributed by atoms with E-state index in [4.69, 9.17) is 4.74 Å². The van der Waals surface area contributed by atoms with Crippen LogP contribution < -0.4 is 10.3 Å². The molecular weight excluding hydrogens is 428 g/mol. The molecule has 0 bridgehead atoms. The van der Waals surface area contributed by atoms with Crippen molar-refractivity contribution in [3.8, 4) is 22.8 Å². The lowest BCUT2D eigenvalue weighted by Crippen LogP contribution is -2.19. The van der Waals surface area contributed by atoms with Crippen molar-refractivity contribution in [2.24, 2.45) is 7.05 Å². The Hall–Kier alpha value is -3.37. The van der Waals surface area contributed by atoms with Crippen LogP contribution in [0.15, 0.2) is 59.9 Å². The molecule has 2 N–H and O–H groups in total. The third kappa shape index (κ3) is 4.39. The molecule has 0 spiro atoms. The molecule has 7 nitrogen and oxygen atoms in total. The van der Waals surface area contributed by atoms with E-state index >= 15 is 0 Å². The van der Waals surface area contributed by atoms with Crippen molar-refractivity contribution in [2.75, 3.05) is 6.26 Å². The van der Waals surface area contributed by atoms with Crippen molar-refractivity contribution in [2.45, 2.75) is 5.75 Å². The highest BCUT2D eigenvalue weighted by Crippen LogP contribution is 2.35. The number of fused-ring (bicyclic) bond motifs is 1. The van der Waals surface area contributed by atoms with Gasteiger partial charge in [-0.05, 0) is 29.8 Å². The van der Waals surface area contributed by atoms with Crippen LogP contribution in [0, 0.1) is 11.6 Å². The van der Waals surface area contributed by atoms with Gasteiger partial charge in [0.1, 0.15) is 17.1 Å². The van der Waals surface area contributed by atoms with Crippen LogP contribution in [0.2, 0.25) is 0 Å². The zero-order valence-electron chi connectivity index (χ0n) is 16.6. The number of hydrogen-bond donors (Lipinski definition) is 0. The van der Waals surface area contributed by atoms with E-state index in [1.165, 1.54) is 23.2 Å². The maximum Gasteiger partial charge on any atom is 0.276 e. The van der Waals surface area contributed by atoms with Crippen molar-refractivity contribution in [1.82, 2.24) is 14.0 Å². The molecule has 31 heavy (non-hydrogen) atoms. The summed E-state index contributed by atoms with van der Waals surface area (Å²) in [6.45, 7) is 0. The van der Waals surface area contributed by atoms with E-state index in [1.807, 2.05) is 0 Å². The molecule has 0 radical (unpaired) electrons. The van der Waals surface area contributed by atoms with Crippen LogP contribution in [-0.4, -0.2) is 29.9 Å². The maximum atomic E-state index is 14.2. The SMILES string of the molecule is Cn1cc(-c2cc(CS(C)=O)ccc2Oc2ccc(F)cc2F)n2cncc2c1=O.O. The summed E-state index contributed by atoms with van der Waals surface area (Å²) in [6, 6.07) is 8.19. The normalized spacial score (nSPS) is 11.9. The van der Waals surface area contributed by atoms with Gasteiger partial charge in [0.2, 0.25) is 0 Å². The number of ether oxygens (including phenoxy) is 1. The van der Waals surface area contributed by atoms with Gasteiger partial charge in [-0.15, -0.1) is 0 Å². The molecule has 4 aromatic rings. The van der Waals surface area contributed by atoms with E-state index in [1.54, 1.807) is 42.1 Å². The van der Waals surface area contributed by atoms with Crippen molar-refractivity contribution in [1.29, 1.82) is 0 Å². The van der Waals surface area contributed by atoms with E-state index in [-0.39, 0.29) is 16.8 Å². The number of aryl methyl sites for hydroxylation is 1. The minimum Gasteiger partial charge on any atom is -0.454 e. The van der Waals surface area contributed by atoms with Gasteiger partial charge in [0.25, 0.3) is 5.56 Å². The maximum absolute atomic E-state index is 14.2.